The lowest BCUT2D eigenvalue weighted by molar-refractivity contribution is 0.415. The second-order valence-corrected chi connectivity index (χ2v) is 5.32. The van der Waals surface area contributed by atoms with Crippen molar-refractivity contribution >= 4 is 33.7 Å². The fourth-order valence-electron chi connectivity index (χ4n) is 2.45. The van der Waals surface area contributed by atoms with Crippen LogP contribution in [-0.4, -0.2) is 22.1 Å². The quantitative estimate of drug-likeness (QED) is 0.610. The Balaban J connectivity index is 2.08. The van der Waals surface area contributed by atoms with E-state index in [1.165, 1.54) is 6.20 Å². The van der Waals surface area contributed by atoms with Crippen LogP contribution in [0.1, 0.15) is 0 Å². The van der Waals surface area contributed by atoms with Gasteiger partial charge in [0.25, 0.3) is 5.56 Å². The Morgan fingerprint density at radius 3 is 2.96 bits per heavy atom. The van der Waals surface area contributed by atoms with Crippen LogP contribution in [-0.2, 0) is 0 Å². The number of furan rings is 1. The van der Waals surface area contributed by atoms with E-state index in [1.807, 2.05) is 0 Å². The third-order valence-electron chi connectivity index (χ3n) is 3.56. The number of nitrogens with one attached hydrogen (secondary N) is 1. The molecular formula is C16H10ClN3O3. The van der Waals surface area contributed by atoms with Crippen LogP contribution in [0.4, 0.5) is 0 Å². The van der Waals surface area contributed by atoms with Crippen LogP contribution in [0.3, 0.4) is 0 Å². The van der Waals surface area contributed by atoms with Crippen molar-refractivity contribution in [3.05, 3.63) is 52.0 Å². The van der Waals surface area contributed by atoms with E-state index < -0.39 is 0 Å². The normalized spacial score (nSPS) is 11.2. The molecule has 1 N–H and O–H groups in total. The number of benzene rings is 1. The summed E-state index contributed by atoms with van der Waals surface area (Å²) in [6.07, 6.45) is 3.08. The molecule has 23 heavy (non-hydrogen) atoms. The highest BCUT2D eigenvalue weighted by atomic mass is 35.5. The fourth-order valence-corrected chi connectivity index (χ4v) is 2.66. The van der Waals surface area contributed by atoms with Crippen molar-refractivity contribution in [3.63, 3.8) is 0 Å². The predicted molar refractivity (Wildman–Crippen MR) is 86.9 cm³/mol. The van der Waals surface area contributed by atoms with Crippen molar-refractivity contribution in [2.75, 3.05) is 7.11 Å². The average molecular weight is 328 g/mol. The van der Waals surface area contributed by atoms with Crippen molar-refractivity contribution < 1.29 is 9.15 Å². The van der Waals surface area contributed by atoms with E-state index in [0.717, 1.165) is 0 Å². The SMILES string of the molecule is COc1ccc2oc3c(=O)[nH]c(-c4ccncc4Cl)nc3c2c1. The molecule has 7 heteroatoms. The molecule has 0 saturated heterocycles. The van der Waals surface area contributed by atoms with Gasteiger partial charge in [-0.15, -0.1) is 0 Å². The number of pyridine rings is 1. The first kappa shape index (κ1) is 13.8. The first-order chi connectivity index (χ1) is 11.2. The third kappa shape index (κ3) is 2.15. The van der Waals surface area contributed by atoms with Gasteiger partial charge in [0.15, 0.2) is 0 Å². The van der Waals surface area contributed by atoms with E-state index >= 15 is 0 Å². The highest BCUT2D eigenvalue weighted by Gasteiger charge is 2.16. The van der Waals surface area contributed by atoms with Gasteiger partial charge in [-0.2, -0.15) is 0 Å². The summed E-state index contributed by atoms with van der Waals surface area (Å²) in [6, 6.07) is 6.98. The molecule has 0 spiro atoms. The summed E-state index contributed by atoms with van der Waals surface area (Å²) >= 11 is 6.13. The van der Waals surface area contributed by atoms with Crippen molar-refractivity contribution in [2.24, 2.45) is 0 Å². The minimum atomic E-state index is -0.368. The summed E-state index contributed by atoms with van der Waals surface area (Å²) in [6.45, 7) is 0. The Morgan fingerprint density at radius 1 is 1.30 bits per heavy atom. The monoisotopic (exact) mass is 327 g/mol. The zero-order valence-electron chi connectivity index (χ0n) is 12.0. The first-order valence-electron chi connectivity index (χ1n) is 6.78. The molecule has 0 radical (unpaired) electrons. The number of methoxy groups -OCH3 is 1. The van der Waals surface area contributed by atoms with E-state index in [0.29, 0.717) is 38.6 Å². The molecule has 0 atom stereocenters. The third-order valence-corrected chi connectivity index (χ3v) is 3.86. The minimum absolute atomic E-state index is 0.169. The first-order valence-corrected chi connectivity index (χ1v) is 7.15. The summed E-state index contributed by atoms with van der Waals surface area (Å²) in [5.41, 5.74) is 1.43. The number of nitrogens with zero attached hydrogens (tertiary/aromatic N) is 2. The van der Waals surface area contributed by atoms with Crippen LogP contribution in [0, 0.1) is 0 Å². The molecule has 3 aromatic heterocycles. The van der Waals surface area contributed by atoms with E-state index in [1.54, 1.807) is 37.6 Å². The number of H-pyrrole nitrogens is 1. The van der Waals surface area contributed by atoms with Crippen LogP contribution in [0.5, 0.6) is 5.75 Å². The molecule has 0 fully saturated rings. The summed E-state index contributed by atoms with van der Waals surface area (Å²) < 4.78 is 10.8. The molecule has 0 unspecified atom stereocenters. The van der Waals surface area contributed by atoms with Gasteiger partial charge < -0.3 is 14.1 Å². The van der Waals surface area contributed by atoms with Gasteiger partial charge >= 0.3 is 0 Å². The van der Waals surface area contributed by atoms with Gasteiger partial charge in [-0.3, -0.25) is 9.78 Å². The summed E-state index contributed by atoms with van der Waals surface area (Å²) in [7, 11) is 1.58. The van der Waals surface area contributed by atoms with Crippen LogP contribution >= 0.6 is 11.6 Å². The molecular weight excluding hydrogens is 318 g/mol. The van der Waals surface area contributed by atoms with Crippen LogP contribution in [0.15, 0.2) is 45.9 Å². The smallest absolute Gasteiger partial charge is 0.294 e. The maximum absolute atomic E-state index is 12.3. The molecule has 0 aliphatic carbocycles. The van der Waals surface area contributed by atoms with Gasteiger partial charge in [0.1, 0.15) is 22.7 Å². The van der Waals surface area contributed by atoms with Crippen molar-refractivity contribution in [3.8, 4) is 17.1 Å². The number of fused-ring (bicyclic) bond motifs is 3. The molecule has 0 saturated carbocycles. The van der Waals surface area contributed by atoms with Crippen LogP contribution in [0.2, 0.25) is 5.02 Å². The van der Waals surface area contributed by atoms with Crippen molar-refractivity contribution in [2.45, 2.75) is 0 Å². The van der Waals surface area contributed by atoms with E-state index in [4.69, 9.17) is 20.8 Å². The highest BCUT2D eigenvalue weighted by molar-refractivity contribution is 6.33. The number of hydrogen-bond acceptors (Lipinski definition) is 5. The van der Waals surface area contributed by atoms with Gasteiger partial charge in [-0.1, -0.05) is 11.6 Å². The number of ether oxygens (including phenoxy) is 1. The highest BCUT2D eigenvalue weighted by Crippen LogP contribution is 2.30. The number of rotatable bonds is 2. The van der Waals surface area contributed by atoms with Crippen molar-refractivity contribution in [1.82, 2.24) is 15.0 Å². The number of halogens is 1. The van der Waals surface area contributed by atoms with Gasteiger partial charge in [0.2, 0.25) is 5.58 Å². The lowest BCUT2D eigenvalue weighted by atomic mass is 10.2. The zero-order chi connectivity index (χ0) is 16.0. The Kier molecular flexibility index (Phi) is 3.06. The predicted octanol–water partition coefficient (Wildman–Crippen LogP) is 3.39. The fraction of sp³-hybridized carbons (Fsp3) is 0.0625. The molecule has 3 heterocycles. The largest absolute Gasteiger partial charge is 0.497 e. The molecule has 1 aromatic carbocycles. The standard InChI is InChI=1S/C16H10ClN3O3/c1-22-8-2-3-12-10(6-8)13-14(23-12)16(21)20-15(19-13)9-4-5-18-7-11(9)17/h2-7H,1H3,(H,19,20,21). The van der Waals surface area contributed by atoms with Crippen LogP contribution < -0.4 is 10.3 Å². The van der Waals surface area contributed by atoms with Crippen molar-refractivity contribution in [1.29, 1.82) is 0 Å². The molecule has 4 aromatic rings. The average Bonchev–Trinajstić information content (AvgIpc) is 2.93. The number of aromatic amines is 1. The molecule has 4 rings (SSSR count). The molecule has 0 bridgehead atoms. The summed E-state index contributed by atoms with van der Waals surface area (Å²) in [5, 5.41) is 1.11. The maximum Gasteiger partial charge on any atom is 0.294 e. The second-order valence-electron chi connectivity index (χ2n) is 4.91. The Labute approximate surface area is 134 Å². The molecule has 0 amide bonds. The van der Waals surface area contributed by atoms with E-state index in [9.17, 15) is 4.79 Å². The van der Waals surface area contributed by atoms with Crippen LogP contribution in [0.25, 0.3) is 33.5 Å². The Morgan fingerprint density at radius 2 is 2.17 bits per heavy atom. The summed E-state index contributed by atoms with van der Waals surface area (Å²) in [4.78, 5) is 23.5. The molecule has 114 valence electrons. The zero-order valence-corrected chi connectivity index (χ0v) is 12.7. The van der Waals surface area contributed by atoms with E-state index in [-0.39, 0.29) is 11.1 Å². The Hall–Kier alpha value is -2.86. The molecule has 6 nitrogen and oxygen atoms in total. The van der Waals surface area contributed by atoms with E-state index in [2.05, 4.69) is 15.0 Å². The second kappa shape index (κ2) is 5.10. The lowest BCUT2D eigenvalue weighted by Crippen LogP contribution is -2.08. The minimum Gasteiger partial charge on any atom is -0.497 e. The topological polar surface area (TPSA) is 81.0 Å². The maximum atomic E-state index is 12.3. The molecule has 0 aliphatic rings. The molecule has 0 aliphatic heterocycles. The lowest BCUT2D eigenvalue weighted by Gasteiger charge is -2.02. The Bertz CT molecular complexity index is 1100. The number of hydrogen-bond donors (Lipinski definition) is 1. The van der Waals surface area contributed by atoms with Gasteiger partial charge in [-0.05, 0) is 24.3 Å². The number of aromatic nitrogens is 3. The van der Waals surface area contributed by atoms with Gasteiger partial charge in [0, 0.05) is 18.0 Å². The van der Waals surface area contributed by atoms with Gasteiger partial charge in [-0.25, -0.2) is 4.98 Å². The summed E-state index contributed by atoms with van der Waals surface area (Å²) in [5.74, 6) is 1.02. The van der Waals surface area contributed by atoms with Gasteiger partial charge in [0.05, 0.1) is 17.5 Å².